The molecule has 0 saturated carbocycles. The molecule has 0 saturated heterocycles. The van der Waals surface area contributed by atoms with E-state index in [2.05, 4.69) is 10.3 Å². The van der Waals surface area contributed by atoms with Crippen molar-refractivity contribution in [3.05, 3.63) is 62.3 Å². The van der Waals surface area contributed by atoms with Crippen molar-refractivity contribution < 1.29 is 19.2 Å². The fraction of sp³-hybridized carbons (Fsp3) is 0.0714. The van der Waals surface area contributed by atoms with Gasteiger partial charge in [0.25, 0.3) is 11.6 Å². The summed E-state index contributed by atoms with van der Waals surface area (Å²) in [4.78, 5) is 37.6. The molecule has 0 spiro atoms. The zero-order chi connectivity index (χ0) is 17.7. The van der Waals surface area contributed by atoms with Crippen LogP contribution in [0.2, 0.25) is 10.0 Å². The predicted molar refractivity (Wildman–Crippen MR) is 86.3 cm³/mol. The quantitative estimate of drug-likeness (QED) is 0.492. The van der Waals surface area contributed by atoms with Crippen molar-refractivity contribution >= 4 is 46.6 Å². The van der Waals surface area contributed by atoms with Gasteiger partial charge >= 0.3 is 5.97 Å². The number of pyridine rings is 1. The Balaban J connectivity index is 2.00. The van der Waals surface area contributed by atoms with E-state index in [0.717, 1.165) is 12.1 Å². The summed E-state index contributed by atoms with van der Waals surface area (Å²) in [6.07, 6.45) is 1.33. The van der Waals surface area contributed by atoms with Crippen LogP contribution >= 0.6 is 23.2 Å². The maximum Gasteiger partial charge on any atom is 0.345 e. The summed E-state index contributed by atoms with van der Waals surface area (Å²) in [7, 11) is 0. The number of esters is 1. The number of aromatic nitrogens is 1. The van der Waals surface area contributed by atoms with Gasteiger partial charge in [-0.25, -0.2) is 9.78 Å². The first kappa shape index (κ1) is 17.6. The van der Waals surface area contributed by atoms with Gasteiger partial charge in [-0.1, -0.05) is 23.2 Å². The standard InChI is InChI=1S/C14H9Cl2N3O5/c15-8-1-3-11(19(22)23)10(5-8)14(21)24-7-13(20)18-12-4-2-9(16)6-17-12/h1-6H,7H2,(H,17,18,20). The molecular weight excluding hydrogens is 361 g/mol. The zero-order valence-corrected chi connectivity index (χ0v) is 13.4. The van der Waals surface area contributed by atoms with E-state index < -0.39 is 29.1 Å². The first-order valence-corrected chi connectivity index (χ1v) is 7.15. The SMILES string of the molecule is O=C(COC(=O)c1cc(Cl)ccc1[N+](=O)[O-])Nc1ccc(Cl)cn1. The third-order valence-electron chi connectivity index (χ3n) is 2.70. The molecule has 24 heavy (non-hydrogen) atoms. The molecule has 0 atom stereocenters. The monoisotopic (exact) mass is 369 g/mol. The summed E-state index contributed by atoms with van der Waals surface area (Å²) in [6, 6.07) is 6.43. The summed E-state index contributed by atoms with van der Waals surface area (Å²) in [5.41, 5.74) is -0.811. The molecule has 1 aromatic heterocycles. The highest BCUT2D eigenvalue weighted by Crippen LogP contribution is 2.23. The molecule has 0 aliphatic heterocycles. The van der Waals surface area contributed by atoms with Gasteiger partial charge in [0.05, 0.1) is 9.95 Å². The molecule has 0 bridgehead atoms. The first-order chi connectivity index (χ1) is 11.4. The molecule has 0 aliphatic rings. The number of amides is 1. The van der Waals surface area contributed by atoms with Crippen molar-refractivity contribution in [1.82, 2.24) is 4.98 Å². The van der Waals surface area contributed by atoms with Gasteiger partial charge in [0.2, 0.25) is 0 Å². The van der Waals surface area contributed by atoms with Crippen LogP contribution in [0.3, 0.4) is 0 Å². The van der Waals surface area contributed by atoms with Crippen molar-refractivity contribution in [2.24, 2.45) is 0 Å². The van der Waals surface area contributed by atoms with Crippen molar-refractivity contribution in [2.45, 2.75) is 0 Å². The van der Waals surface area contributed by atoms with Crippen LogP contribution in [0, 0.1) is 10.1 Å². The molecule has 0 fully saturated rings. The third kappa shape index (κ3) is 4.64. The second-order valence-electron chi connectivity index (χ2n) is 4.40. The van der Waals surface area contributed by atoms with E-state index in [9.17, 15) is 19.7 Å². The molecule has 10 heteroatoms. The van der Waals surface area contributed by atoms with Gasteiger partial charge in [0.15, 0.2) is 6.61 Å². The van der Waals surface area contributed by atoms with Crippen molar-refractivity contribution in [1.29, 1.82) is 0 Å². The number of nitrogens with zero attached hydrogens (tertiary/aromatic N) is 2. The van der Waals surface area contributed by atoms with Gasteiger partial charge in [0.1, 0.15) is 11.4 Å². The Morgan fingerprint density at radius 2 is 1.92 bits per heavy atom. The van der Waals surface area contributed by atoms with Crippen molar-refractivity contribution in [3.63, 3.8) is 0 Å². The van der Waals surface area contributed by atoms with Gasteiger partial charge < -0.3 is 10.1 Å². The molecule has 0 radical (unpaired) electrons. The van der Waals surface area contributed by atoms with E-state index in [-0.39, 0.29) is 16.4 Å². The number of carbonyl (C=O) groups is 2. The number of benzene rings is 1. The number of ether oxygens (including phenoxy) is 1. The highest BCUT2D eigenvalue weighted by atomic mass is 35.5. The number of nitro benzene ring substituents is 1. The van der Waals surface area contributed by atoms with Crippen LogP contribution in [0.25, 0.3) is 0 Å². The van der Waals surface area contributed by atoms with Crippen LogP contribution in [0.15, 0.2) is 36.5 Å². The molecule has 0 unspecified atom stereocenters. The number of nitrogens with one attached hydrogen (secondary N) is 1. The zero-order valence-electron chi connectivity index (χ0n) is 11.9. The molecule has 124 valence electrons. The molecule has 1 aromatic carbocycles. The summed E-state index contributed by atoms with van der Waals surface area (Å²) in [5, 5.41) is 13.8. The van der Waals surface area contributed by atoms with Gasteiger partial charge in [-0.15, -0.1) is 0 Å². The average molecular weight is 370 g/mol. The lowest BCUT2D eigenvalue weighted by Crippen LogP contribution is -2.21. The summed E-state index contributed by atoms with van der Waals surface area (Å²) >= 11 is 11.4. The Bertz CT molecular complexity index is 795. The number of anilines is 1. The van der Waals surface area contributed by atoms with Crippen molar-refractivity contribution in [3.8, 4) is 0 Å². The van der Waals surface area contributed by atoms with E-state index in [0.29, 0.717) is 5.02 Å². The number of halogens is 2. The number of hydrogen-bond acceptors (Lipinski definition) is 6. The van der Waals surface area contributed by atoms with Crippen LogP contribution in [0.4, 0.5) is 11.5 Å². The van der Waals surface area contributed by atoms with E-state index in [1.165, 1.54) is 24.4 Å². The Labute approximate surface area is 145 Å². The van der Waals surface area contributed by atoms with Gasteiger partial charge in [-0.3, -0.25) is 14.9 Å². The molecule has 8 nitrogen and oxygen atoms in total. The lowest BCUT2D eigenvalue weighted by atomic mass is 10.2. The van der Waals surface area contributed by atoms with Gasteiger partial charge in [-0.2, -0.15) is 0 Å². The lowest BCUT2D eigenvalue weighted by Gasteiger charge is -2.07. The molecule has 1 amide bonds. The molecule has 0 aliphatic carbocycles. The first-order valence-electron chi connectivity index (χ1n) is 6.39. The van der Waals surface area contributed by atoms with E-state index in [1.807, 2.05) is 0 Å². The fourth-order valence-corrected chi connectivity index (χ4v) is 1.95. The molecular formula is C14H9Cl2N3O5. The van der Waals surface area contributed by atoms with E-state index in [1.54, 1.807) is 0 Å². The van der Waals surface area contributed by atoms with E-state index >= 15 is 0 Å². The summed E-state index contributed by atoms with van der Waals surface area (Å²) in [6.45, 7) is -0.646. The number of rotatable bonds is 5. The second-order valence-corrected chi connectivity index (χ2v) is 5.28. The van der Waals surface area contributed by atoms with Crippen LogP contribution in [0.1, 0.15) is 10.4 Å². The Hall–Kier alpha value is -2.71. The van der Waals surface area contributed by atoms with Crippen LogP contribution in [-0.4, -0.2) is 28.4 Å². The Kier molecular flexibility index (Phi) is 5.67. The Morgan fingerprint density at radius 3 is 2.54 bits per heavy atom. The third-order valence-corrected chi connectivity index (χ3v) is 3.16. The normalized spacial score (nSPS) is 10.1. The van der Waals surface area contributed by atoms with Crippen LogP contribution in [0.5, 0.6) is 0 Å². The minimum Gasteiger partial charge on any atom is -0.452 e. The maximum atomic E-state index is 11.9. The Morgan fingerprint density at radius 1 is 1.21 bits per heavy atom. The largest absolute Gasteiger partial charge is 0.452 e. The molecule has 1 N–H and O–H groups in total. The van der Waals surface area contributed by atoms with Crippen LogP contribution in [-0.2, 0) is 9.53 Å². The average Bonchev–Trinajstić information content (AvgIpc) is 2.54. The van der Waals surface area contributed by atoms with Gasteiger partial charge in [0, 0.05) is 17.3 Å². The topological polar surface area (TPSA) is 111 Å². The van der Waals surface area contributed by atoms with Crippen LogP contribution < -0.4 is 5.32 Å². The summed E-state index contributed by atoms with van der Waals surface area (Å²) < 4.78 is 4.76. The van der Waals surface area contributed by atoms with E-state index in [4.69, 9.17) is 27.9 Å². The second kappa shape index (κ2) is 7.71. The lowest BCUT2D eigenvalue weighted by molar-refractivity contribution is -0.385. The molecule has 1 heterocycles. The number of carbonyl (C=O) groups excluding carboxylic acids is 2. The highest BCUT2D eigenvalue weighted by molar-refractivity contribution is 6.31. The fourth-order valence-electron chi connectivity index (χ4n) is 1.67. The summed E-state index contributed by atoms with van der Waals surface area (Å²) in [5.74, 6) is -1.49. The van der Waals surface area contributed by atoms with Crippen molar-refractivity contribution in [2.75, 3.05) is 11.9 Å². The van der Waals surface area contributed by atoms with Gasteiger partial charge in [-0.05, 0) is 24.3 Å². The minimum absolute atomic E-state index is 0.127. The predicted octanol–water partition coefficient (Wildman–Crippen LogP) is 3.09. The smallest absolute Gasteiger partial charge is 0.345 e. The highest BCUT2D eigenvalue weighted by Gasteiger charge is 2.22. The maximum absolute atomic E-state index is 11.9. The number of hydrogen-bond donors (Lipinski definition) is 1. The minimum atomic E-state index is -1.04. The number of nitro groups is 1. The molecule has 2 aromatic rings. The molecule has 2 rings (SSSR count).